The molecule has 2 rings (SSSR count). The number of anilines is 1. The fraction of sp³-hybridized carbons (Fsp3) is 0.368. The smallest absolute Gasteiger partial charge is 0.255 e. The number of nitrogens with two attached hydrogens (primary N) is 1. The van der Waals surface area contributed by atoms with Crippen molar-refractivity contribution in [1.29, 1.82) is 5.26 Å². The second-order valence-corrected chi connectivity index (χ2v) is 6.11. The minimum absolute atomic E-state index is 0.107. The van der Waals surface area contributed by atoms with Gasteiger partial charge in [0, 0.05) is 17.8 Å². The van der Waals surface area contributed by atoms with Crippen LogP contribution in [0.2, 0.25) is 0 Å². The lowest BCUT2D eigenvalue weighted by Crippen LogP contribution is -2.20. The zero-order valence-electron chi connectivity index (χ0n) is 15.5. The number of rotatable bonds is 9. The Balaban J connectivity index is 1.88. The maximum Gasteiger partial charge on any atom is 0.255 e. The summed E-state index contributed by atoms with van der Waals surface area (Å²) >= 11 is 0. The summed E-state index contributed by atoms with van der Waals surface area (Å²) in [6, 6.07) is 8.83. The summed E-state index contributed by atoms with van der Waals surface area (Å²) < 4.78 is 6.99. The number of nitriles is 1. The fourth-order valence-corrected chi connectivity index (χ4v) is 2.72. The highest BCUT2D eigenvalue weighted by Gasteiger charge is 2.13. The maximum atomic E-state index is 12.2. The number of amides is 2. The van der Waals surface area contributed by atoms with E-state index in [-0.39, 0.29) is 12.5 Å². The van der Waals surface area contributed by atoms with E-state index in [0.29, 0.717) is 37.2 Å². The molecule has 0 aliphatic heterocycles. The Morgan fingerprint density at radius 3 is 2.63 bits per heavy atom. The third kappa shape index (κ3) is 5.85. The summed E-state index contributed by atoms with van der Waals surface area (Å²) in [4.78, 5) is 22.9. The molecule has 0 unspecified atom stereocenters. The number of ether oxygens (including phenoxy) is 1. The first-order valence-corrected chi connectivity index (χ1v) is 8.61. The Hall–Kier alpha value is -3.34. The molecule has 0 atom stereocenters. The number of benzene rings is 1. The van der Waals surface area contributed by atoms with Crippen molar-refractivity contribution < 1.29 is 14.3 Å². The quantitative estimate of drug-likeness (QED) is 0.698. The van der Waals surface area contributed by atoms with Gasteiger partial charge in [0.2, 0.25) is 5.91 Å². The van der Waals surface area contributed by atoms with Crippen LogP contribution in [0.5, 0.6) is 5.75 Å². The molecule has 8 nitrogen and oxygen atoms in total. The number of nitrogens with one attached hydrogen (secondary N) is 1. The van der Waals surface area contributed by atoms with Crippen LogP contribution in [0.4, 0.5) is 5.69 Å². The van der Waals surface area contributed by atoms with Crippen molar-refractivity contribution in [3.63, 3.8) is 0 Å². The van der Waals surface area contributed by atoms with Gasteiger partial charge in [-0.25, -0.2) is 0 Å². The van der Waals surface area contributed by atoms with Gasteiger partial charge in [0.05, 0.1) is 24.7 Å². The topological polar surface area (TPSA) is 123 Å². The highest BCUT2D eigenvalue weighted by atomic mass is 16.5. The van der Waals surface area contributed by atoms with E-state index in [1.54, 1.807) is 24.3 Å². The fourth-order valence-electron chi connectivity index (χ4n) is 2.72. The second kappa shape index (κ2) is 9.38. The second-order valence-electron chi connectivity index (χ2n) is 6.11. The monoisotopic (exact) mass is 369 g/mol. The predicted octanol–water partition coefficient (Wildman–Crippen LogP) is 1.85. The van der Waals surface area contributed by atoms with Gasteiger partial charge < -0.3 is 15.8 Å². The lowest BCUT2D eigenvalue weighted by molar-refractivity contribution is -0.120. The molecule has 1 heterocycles. The molecule has 0 aliphatic rings. The predicted molar refractivity (Wildman–Crippen MR) is 100 cm³/mol. The maximum absolute atomic E-state index is 12.2. The summed E-state index contributed by atoms with van der Waals surface area (Å²) in [5.41, 5.74) is 8.58. The van der Waals surface area contributed by atoms with Gasteiger partial charge >= 0.3 is 0 Å². The SMILES string of the molecule is Cc1nn(CCC#N)c(C)c1CCC(=O)Nc1ccc(OCC(N)=O)cc1. The van der Waals surface area contributed by atoms with E-state index in [4.69, 9.17) is 15.7 Å². The van der Waals surface area contributed by atoms with Crippen LogP contribution >= 0.6 is 0 Å². The van der Waals surface area contributed by atoms with Gasteiger partial charge in [0.15, 0.2) is 6.61 Å². The standard InChI is InChI=1S/C19H23N5O3/c1-13-17(14(2)24(23-13)11-3-10-20)8-9-19(26)22-15-4-6-16(7-5-15)27-12-18(21)25/h4-7H,3,8-9,11-12H2,1-2H3,(H2,21,25)(H,22,26). The molecule has 2 aromatic rings. The van der Waals surface area contributed by atoms with E-state index >= 15 is 0 Å². The molecule has 8 heteroatoms. The molecule has 0 saturated heterocycles. The Kier molecular flexibility index (Phi) is 6.94. The number of aryl methyl sites for hydroxylation is 2. The molecule has 0 fully saturated rings. The van der Waals surface area contributed by atoms with Crippen molar-refractivity contribution >= 4 is 17.5 Å². The molecule has 142 valence electrons. The van der Waals surface area contributed by atoms with Crippen LogP contribution in [0.15, 0.2) is 24.3 Å². The average Bonchev–Trinajstić information content (AvgIpc) is 2.90. The number of hydrogen-bond donors (Lipinski definition) is 2. The summed E-state index contributed by atoms with van der Waals surface area (Å²) in [6.07, 6.45) is 1.31. The Morgan fingerprint density at radius 1 is 1.30 bits per heavy atom. The first kappa shape index (κ1) is 20.0. The van der Waals surface area contributed by atoms with E-state index in [2.05, 4.69) is 16.5 Å². The number of carbonyl (C=O) groups is 2. The van der Waals surface area contributed by atoms with Crippen LogP contribution in [-0.2, 0) is 22.6 Å². The molecule has 27 heavy (non-hydrogen) atoms. The van der Waals surface area contributed by atoms with Crippen molar-refractivity contribution in [3.05, 3.63) is 41.2 Å². The summed E-state index contributed by atoms with van der Waals surface area (Å²) in [5.74, 6) is -0.152. The highest BCUT2D eigenvalue weighted by molar-refractivity contribution is 5.90. The molecule has 3 N–H and O–H groups in total. The molecule has 0 bridgehead atoms. The van der Waals surface area contributed by atoms with Gasteiger partial charge in [-0.1, -0.05) is 0 Å². The van der Waals surface area contributed by atoms with Crippen LogP contribution < -0.4 is 15.8 Å². The molecule has 1 aromatic heterocycles. The van der Waals surface area contributed by atoms with E-state index in [1.165, 1.54) is 0 Å². The van der Waals surface area contributed by atoms with Crippen LogP contribution in [0.25, 0.3) is 0 Å². The van der Waals surface area contributed by atoms with E-state index in [0.717, 1.165) is 17.0 Å². The minimum Gasteiger partial charge on any atom is -0.484 e. The summed E-state index contributed by atoms with van der Waals surface area (Å²) in [5, 5.41) is 16.0. The summed E-state index contributed by atoms with van der Waals surface area (Å²) in [6.45, 7) is 4.23. The number of nitrogens with zero attached hydrogens (tertiary/aromatic N) is 3. The van der Waals surface area contributed by atoms with Crippen LogP contribution in [0, 0.1) is 25.2 Å². The number of hydrogen-bond acceptors (Lipinski definition) is 5. The van der Waals surface area contributed by atoms with E-state index < -0.39 is 5.91 Å². The van der Waals surface area contributed by atoms with Crippen molar-refractivity contribution in [3.8, 4) is 11.8 Å². The van der Waals surface area contributed by atoms with Crippen LogP contribution in [-0.4, -0.2) is 28.2 Å². The van der Waals surface area contributed by atoms with Crippen molar-refractivity contribution in [2.75, 3.05) is 11.9 Å². The van der Waals surface area contributed by atoms with Crippen molar-refractivity contribution in [2.45, 2.75) is 39.7 Å². The van der Waals surface area contributed by atoms with Gasteiger partial charge in [0.1, 0.15) is 5.75 Å². The molecule has 0 radical (unpaired) electrons. The molecule has 0 saturated carbocycles. The lowest BCUT2D eigenvalue weighted by Gasteiger charge is -2.08. The molecule has 2 amide bonds. The van der Waals surface area contributed by atoms with Crippen molar-refractivity contribution in [1.82, 2.24) is 9.78 Å². The van der Waals surface area contributed by atoms with Crippen LogP contribution in [0.3, 0.4) is 0 Å². The van der Waals surface area contributed by atoms with Crippen molar-refractivity contribution in [2.24, 2.45) is 5.73 Å². The summed E-state index contributed by atoms with van der Waals surface area (Å²) in [7, 11) is 0. The van der Waals surface area contributed by atoms with Gasteiger partial charge in [-0.3, -0.25) is 14.3 Å². The average molecular weight is 369 g/mol. The normalized spacial score (nSPS) is 10.3. The Morgan fingerprint density at radius 2 is 2.00 bits per heavy atom. The molecule has 0 spiro atoms. The Bertz CT molecular complexity index is 849. The zero-order valence-corrected chi connectivity index (χ0v) is 15.5. The van der Waals surface area contributed by atoms with Crippen LogP contribution in [0.1, 0.15) is 29.8 Å². The van der Waals surface area contributed by atoms with Gasteiger partial charge in [-0.2, -0.15) is 10.4 Å². The molecule has 0 aliphatic carbocycles. The minimum atomic E-state index is -0.547. The Labute approximate surface area is 157 Å². The lowest BCUT2D eigenvalue weighted by atomic mass is 10.1. The highest BCUT2D eigenvalue weighted by Crippen LogP contribution is 2.18. The first-order valence-electron chi connectivity index (χ1n) is 8.61. The largest absolute Gasteiger partial charge is 0.484 e. The number of carbonyl (C=O) groups excluding carboxylic acids is 2. The zero-order chi connectivity index (χ0) is 19.8. The number of primary amides is 1. The van der Waals surface area contributed by atoms with Gasteiger partial charge in [-0.15, -0.1) is 0 Å². The third-order valence-corrected chi connectivity index (χ3v) is 4.09. The van der Waals surface area contributed by atoms with E-state index in [9.17, 15) is 9.59 Å². The van der Waals surface area contributed by atoms with E-state index in [1.807, 2.05) is 18.5 Å². The first-order chi connectivity index (χ1) is 12.9. The molecular formula is C19H23N5O3. The number of aromatic nitrogens is 2. The third-order valence-electron chi connectivity index (χ3n) is 4.09. The molecule has 1 aromatic carbocycles. The van der Waals surface area contributed by atoms with Gasteiger partial charge in [0.25, 0.3) is 5.91 Å². The molecular weight excluding hydrogens is 346 g/mol. The van der Waals surface area contributed by atoms with Gasteiger partial charge in [-0.05, 0) is 50.1 Å².